The summed E-state index contributed by atoms with van der Waals surface area (Å²) in [7, 11) is 0. The summed E-state index contributed by atoms with van der Waals surface area (Å²) in [6, 6.07) is 34.6. The first kappa shape index (κ1) is 30.8. The van der Waals surface area contributed by atoms with Crippen LogP contribution in [-0.2, 0) is 25.0 Å². The van der Waals surface area contributed by atoms with Gasteiger partial charge in [-0.25, -0.2) is 0 Å². The first-order valence-corrected chi connectivity index (χ1v) is 16.5. The van der Waals surface area contributed by atoms with Crippen molar-refractivity contribution in [3.05, 3.63) is 125 Å². The van der Waals surface area contributed by atoms with Gasteiger partial charge in [-0.15, -0.1) is 0 Å². The van der Waals surface area contributed by atoms with Crippen LogP contribution in [0, 0.1) is 0 Å². The predicted molar refractivity (Wildman–Crippen MR) is 178 cm³/mol. The predicted octanol–water partition coefficient (Wildman–Crippen LogP) is 7.48. The molecule has 4 aromatic rings. The minimum atomic E-state index is -0.402. The second-order valence-electron chi connectivity index (χ2n) is 13.4. The lowest BCUT2D eigenvalue weighted by atomic mass is 9.70. The smallest absolute Gasteiger partial charge is 0.119 e. The van der Waals surface area contributed by atoms with Crippen molar-refractivity contribution in [1.82, 2.24) is 0 Å². The molecule has 0 saturated carbocycles. The van der Waals surface area contributed by atoms with E-state index in [1.807, 2.05) is 0 Å². The molecule has 0 N–H and O–H groups in total. The summed E-state index contributed by atoms with van der Waals surface area (Å²) >= 11 is 0. The van der Waals surface area contributed by atoms with Crippen molar-refractivity contribution in [3.63, 3.8) is 0 Å². The fraction of sp³-hybridized carbons (Fsp3) is 0.400. The summed E-state index contributed by atoms with van der Waals surface area (Å²) < 4.78 is 34.2. The molecule has 0 aromatic heterocycles. The second-order valence-corrected chi connectivity index (χ2v) is 13.4. The molecule has 3 unspecified atom stereocenters. The van der Waals surface area contributed by atoms with Crippen LogP contribution in [0.4, 0.5) is 0 Å². The van der Waals surface area contributed by atoms with E-state index in [4.69, 9.17) is 28.4 Å². The highest BCUT2D eigenvalue weighted by molar-refractivity contribution is 5.53. The summed E-state index contributed by atoms with van der Waals surface area (Å²) in [4.78, 5) is 0. The molecular weight excluding hydrogens is 576 g/mol. The van der Waals surface area contributed by atoms with E-state index in [9.17, 15) is 0 Å². The average Bonchev–Trinajstić information content (AvgIpc) is 4.04. The van der Waals surface area contributed by atoms with Crippen LogP contribution in [0.5, 0.6) is 17.2 Å². The molecule has 7 rings (SSSR count). The molecule has 0 radical (unpaired) electrons. The van der Waals surface area contributed by atoms with Crippen LogP contribution in [0.2, 0.25) is 0 Å². The Hall–Kier alpha value is -3.84. The summed E-state index contributed by atoms with van der Waals surface area (Å²) in [6.07, 6.45) is 2.86. The lowest BCUT2D eigenvalue weighted by Gasteiger charge is -2.33. The van der Waals surface area contributed by atoms with Gasteiger partial charge in [0, 0.05) is 17.4 Å². The standard InChI is InChI=1S/C40H44O6/c1-39(2,29-10-16-33(17-11-29)42-23-36-5-4-22-41-36)28-6-8-30(9-7-28)40(3,31-12-18-34(19-13-31)43-24-37-26-45-37)32-14-20-35(21-15-32)44-25-38-27-46-38/h6-21,36-38H,4-5,22-27H2,1-3H3. The third kappa shape index (κ3) is 6.95. The summed E-state index contributed by atoms with van der Waals surface area (Å²) in [6.45, 7) is 11.1. The Bertz CT molecular complexity index is 1500. The Morgan fingerprint density at radius 3 is 1.22 bits per heavy atom. The van der Waals surface area contributed by atoms with E-state index >= 15 is 0 Å². The lowest BCUT2D eigenvalue weighted by Crippen LogP contribution is -2.26. The van der Waals surface area contributed by atoms with Gasteiger partial charge in [-0.1, -0.05) is 74.5 Å². The van der Waals surface area contributed by atoms with Crippen molar-refractivity contribution in [3.8, 4) is 17.2 Å². The Balaban J connectivity index is 1.12. The quantitative estimate of drug-likeness (QED) is 0.108. The van der Waals surface area contributed by atoms with Crippen LogP contribution >= 0.6 is 0 Å². The van der Waals surface area contributed by atoms with Crippen molar-refractivity contribution in [1.29, 1.82) is 0 Å². The zero-order chi connectivity index (χ0) is 31.6. The van der Waals surface area contributed by atoms with Gasteiger partial charge in [-0.05, 0) is 84.0 Å². The molecule has 0 bridgehead atoms. The molecule has 6 heteroatoms. The lowest BCUT2D eigenvalue weighted by molar-refractivity contribution is 0.0679. The van der Waals surface area contributed by atoms with Crippen molar-refractivity contribution >= 4 is 0 Å². The molecule has 240 valence electrons. The number of benzene rings is 4. The normalized spacial score (nSPS) is 21.8. The Labute approximate surface area is 272 Å². The van der Waals surface area contributed by atoms with E-state index in [-0.39, 0.29) is 23.7 Å². The highest BCUT2D eigenvalue weighted by Crippen LogP contribution is 2.41. The monoisotopic (exact) mass is 620 g/mol. The molecule has 3 saturated heterocycles. The van der Waals surface area contributed by atoms with Gasteiger partial charge in [-0.3, -0.25) is 0 Å². The highest BCUT2D eigenvalue weighted by atomic mass is 16.6. The topological polar surface area (TPSA) is 62.0 Å². The molecule has 3 fully saturated rings. The van der Waals surface area contributed by atoms with Gasteiger partial charge in [0.1, 0.15) is 49.3 Å². The van der Waals surface area contributed by atoms with Gasteiger partial charge >= 0.3 is 0 Å². The van der Waals surface area contributed by atoms with Crippen LogP contribution in [-0.4, -0.2) is 58.0 Å². The first-order valence-electron chi connectivity index (χ1n) is 16.5. The third-order valence-electron chi connectivity index (χ3n) is 9.76. The van der Waals surface area contributed by atoms with Gasteiger partial charge in [0.2, 0.25) is 0 Å². The summed E-state index contributed by atoms with van der Waals surface area (Å²) in [5.74, 6) is 2.59. The number of hydrogen-bond acceptors (Lipinski definition) is 6. The Morgan fingerprint density at radius 2 is 0.848 bits per heavy atom. The van der Waals surface area contributed by atoms with Gasteiger partial charge < -0.3 is 28.4 Å². The van der Waals surface area contributed by atoms with Gasteiger partial charge in [0.05, 0.1) is 19.3 Å². The summed E-state index contributed by atoms with van der Waals surface area (Å²) in [5, 5.41) is 0. The number of ether oxygens (including phenoxy) is 6. The largest absolute Gasteiger partial charge is 0.491 e. The van der Waals surface area contributed by atoms with Crippen LogP contribution < -0.4 is 14.2 Å². The molecule has 46 heavy (non-hydrogen) atoms. The van der Waals surface area contributed by atoms with Gasteiger partial charge in [-0.2, -0.15) is 0 Å². The van der Waals surface area contributed by atoms with Crippen molar-refractivity contribution in [2.75, 3.05) is 39.6 Å². The van der Waals surface area contributed by atoms with E-state index in [1.54, 1.807) is 0 Å². The van der Waals surface area contributed by atoms with E-state index in [1.165, 1.54) is 27.8 Å². The zero-order valence-corrected chi connectivity index (χ0v) is 27.1. The molecule has 3 heterocycles. The van der Waals surface area contributed by atoms with Crippen molar-refractivity contribution in [2.24, 2.45) is 0 Å². The van der Waals surface area contributed by atoms with Crippen LogP contribution in [0.3, 0.4) is 0 Å². The number of epoxide rings is 2. The highest BCUT2D eigenvalue weighted by Gasteiger charge is 2.33. The molecule has 0 amide bonds. The maximum absolute atomic E-state index is 6.02. The average molecular weight is 621 g/mol. The fourth-order valence-corrected chi connectivity index (χ4v) is 6.30. The molecule has 0 spiro atoms. The van der Waals surface area contributed by atoms with Crippen LogP contribution in [0.25, 0.3) is 0 Å². The van der Waals surface area contributed by atoms with E-state index in [0.29, 0.717) is 19.8 Å². The molecule has 3 aliphatic heterocycles. The SMILES string of the molecule is CC(C)(c1ccc(OCC2CCCO2)cc1)c1ccc(C(C)(c2ccc(OCC3CO3)cc2)c2ccc(OCC3CO3)cc2)cc1. The number of rotatable bonds is 14. The first-order chi connectivity index (χ1) is 22.4. The number of hydrogen-bond donors (Lipinski definition) is 0. The minimum absolute atomic E-state index is 0.184. The fourth-order valence-electron chi connectivity index (χ4n) is 6.30. The van der Waals surface area contributed by atoms with Crippen molar-refractivity contribution in [2.45, 2.75) is 62.8 Å². The van der Waals surface area contributed by atoms with Gasteiger partial charge in [0.25, 0.3) is 0 Å². The Kier molecular flexibility index (Phi) is 8.78. The molecule has 4 aromatic carbocycles. The maximum atomic E-state index is 6.02. The minimum Gasteiger partial charge on any atom is -0.491 e. The third-order valence-corrected chi connectivity index (χ3v) is 9.76. The molecule has 3 aliphatic rings. The zero-order valence-electron chi connectivity index (χ0n) is 27.1. The van der Waals surface area contributed by atoms with Gasteiger partial charge in [0.15, 0.2) is 0 Å². The van der Waals surface area contributed by atoms with Crippen LogP contribution in [0.15, 0.2) is 97.1 Å². The second kappa shape index (κ2) is 13.1. The maximum Gasteiger partial charge on any atom is 0.119 e. The van der Waals surface area contributed by atoms with E-state index in [0.717, 1.165) is 49.9 Å². The molecule has 6 nitrogen and oxygen atoms in total. The molecule has 3 atom stereocenters. The van der Waals surface area contributed by atoms with Crippen LogP contribution in [0.1, 0.15) is 61.4 Å². The van der Waals surface area contributed by atoms with E-state index in [2.05, 4.69) is 118 Å². The molecular formula is C40H44O6. The van der Waals surface area contributed by atoms with Crippen molar-refractivity contribution < 1.29 is 28.4 Å². The molecule has 0 aliphatic carbocycles. The Morgan fingerprint density at radius 1 is 0.500 bits per heavy atom. The van der Waals surface area contributed by atoms with E-state index < -0.39 is 5.41 Å². The summed E-state index contributed by atoms with van der Waals surface area (Å²) in [5.41, 5.74) is 5.50.